The molecule has 3 N–H and O–H groups in total. The van der Waals surface area contributed by atoms with Crippen molar-refractivity contribution in [1.82, 2.24) is 4.90 Å². The second-order valence-corrected chi connectivity index (χ2v) is 7.03. The van der Waals surface area contributed by atoms with E-state index in [2.05, 4.69) is 0 Å². The van der Waals surface area contributed by atoms with E-state index in [1.54, 1.807) is 6.07 Å². The average molecular weight is 382 g/mol. The number of esters is 1. The third-order valence-electron chi connectivity index (χ3n) is 3.89. The van der Waals surface area contributed by atoms with Crippen LogP contribution in [-0.4, -0.2) is 56.0 Å². The Labute approximate surface area is 152 Å². The fourth-order valence-electron chi connectivity index (χ4n) is 2.75. The van der Waals surface area contributed by atoms with Crippen LogP contribution in [0.1, 0.15) is 12.5 Å². The number of hydrogen-bond acceptors (Lipinski definition) is 8. The topological polar surface area (TPSA) is 123 Å². The Balaban J connectivity index is 2.06. The maximum absolute atomic E-state index is 12.0. The second kappa shape index (κ2) is 6.62. The smallest absolute Gasteiger partial charge is 0.352 e. The summed E-state index contributed by atoms with van der Waals surface area (Å²) in [6.45, 7) is 1.20. The van der Waals surface area contributed by atoms with Crippen molar-refractivity contribution < 1.29 is 28.6 Å². The minimum Gasteiger partial charge on any atom is -0.477 e. The van der Waals surface area contributed by atoms with Gasteiger partial charge in [-0.1, -0.05) is 12.2 Å². The summed E-state index contributed by atoms with van der Waals surface area (Å²) in [5, 5.41) is 9.18. The SMILES string of the molecule is CC(=O)OC(C(=S)c1ccoc1)C1=C(C(=O)O)N2C(=O)[C@@H](N)[C@H]2SC1. The van der Waals surface area contributed by atoms with Crippen LogP contribution in [0.5, 0.6) is 0 Å². The number of carboxylic acids is 1. The van der Waals surface area contributed by atoms with E-state index in [4.69, 9.17) is 27.1 Å². The number of thioether (sulfide) groups is 1. The molecular weight excluding hydrogens is 368 g/mol. The number of rotatable bonds is 5. The number of carbonyl (C=O) groups is 3. The molecule has 2 aliphatic rings. The van der Waals surface area contributed by atoms with Gasteiger partial charge in [0.15, 0.2) is 6.10 Å². The predicted octanol–water partition coefficient (Wildman–Crippen LogP) is 0.510. The van der Waals surface area contributed by atoms with Crippen molar-refractivity contribution in [3.8, 4) is 0 Å². The van der Waals surface area contributed by atoms with Gasteiger partial charge in [-0.05, 0) is 6.07 Å². The molecule has 132 valence electrons. The van der Waals surface area contributed by atoms with E-state index >= 15 is 0 Å². The third kappa shape index (κ3) is 2.96. The number of carbonyl (C=O) groups excluding carboxylic acids is 2. The summed E-state index contributed by atoms with van der Waals surface area (Å²) in [4.78, 5) is 36.7. The van der Waals surface area contributed by atoms with Crippen molar-refractivity contribution in [1.29, 1.82) is 0 Å². The number of fused-ring (bicyclic) bond motifs is 1. The number of thiocarbonyl (C=S) groups is 1. The molecule has 0 spiro atoms. The van der Waals surface area contributed by atoms with Crippen LogP contribution in [-0.2, 0) is 19.1 Å². The van der Waals surface area contributed by atoms with Gasteiger partial charge in [0.2, 0.25) is 5.91 Å². The minimum absolute atomic E-state index is 0.203. The first-order valence-electron chi connectivity index (χ1n) is 7.23. The Kier molecular flexibility index (Phi) is 4.67. The molecule has 1 amide bonds. The van der Waals surface area contributed by atoms with E-state index < -0.39 is 35.4 Å². The van der Waals surface area contributed by atoms with E-state index in [-0.39, 0.29) is 21.9 Å². The van der Waals surface area contributed by atoms with E-state index in [0.29, 0.717) is 5.56 Å². The van der Waals surface area contributed by atoms with Crippen LogP contribution in [0.2, 0.25) is 0 Å². The van der Waals surface area contributed by atoms with E-state index in [0.717, 1.165) is 4.90 Å². The van der Waals surface area contributed by atoms with Gasteiger partial charge in [-0.3, -0.25) is 14.5 Å². The lowest BCUT2D eigenvalue weighted by atomic mass is 9.97. The van der Waals surface area contributed by atoms with Gasteiger partial charge in [-0.15, -0.1) is 11.8 Å². The summed E-state index contributed by atoms with van der Waals surface area (Å²) >= 11 is 6.68. The summed E-state index contributed by atoms with van der Waals surface area (Å²) in [6, 6.07) is 0.845. The molecule has 0 radical (unpaired) electrons. The molecular formula is C15H14N2O6S2. The van der Waals surface area contributed by atoms with Crippen LogP contribution < -0.4 is 5.73 Å². The van der Waals surface area contributed by atoms with Gasteiger partial charge < -0.3 is 20.0 Å². The Hall–Kier alpha value is -2.17. The van der Waals surface area contributed by atoms with Crippen molar-refractivity contribution >= 4 is 46.7 Å². The van der Waals surface area contributed by atoms with E-state index in [9.17, 15) is 19.5 Å². The van der Waals surface area contributed by atoms with Crippen molar-refractivity contribution in [2.24, 2.45) is 5.73 Å². The first-order chi connectivity index (χ1) is 11.8. The summed E-state index contributed by atoms with van der Waals surface area (Å²) in [5.41, 5.74) is 6.24. The lowest BCUT2D eigenvalue weighted by molar-refractivity contribution is -0.148. The van der Waals surface area contributed by atoms with Crippen LogP contribution in [0.15, 0.2) is 34.3 Å². The van der Waals surface area contributed by atoms with Crippen molar-refractivity contribution in [2.45, 2.75) is 24.4 Å². The molecule has 0 bridgehead atoms. The molecule has 3 rings (SSSR count). The summed E-state index contributed by atoms with van der Waals surface area (Å²) in [6.07, 6.45) is 1.69. The van der Waals surface area contributed by atoms with Gasteiger partial charge in [0.05, 0.1) is 17.4 Å². The zero-order valence-electron chi connectivity index (χ0n) is 13.0. The number of aliphatic carboxylic acids is 1. The van der Waals surface area contributed by atoms with Crippen LogP contribution >= 0.6 is 24.0 Å². The van der Waals surface area contributed by atoms with Crippen LogP contribution in [0, 0.1) is 0 Å². The van der Waals surface area contributed by atoms with E-state index in [1.165, 1.54) is 31.2 Å². The number of furan rings is 1. The molecule has 0 aliphatic carbocycles. The molecule has 2 aliphatic heterocycles. The summed E-state index contributed by atoms with van der Waals surface area (Å²) < 4.78 is 10.3. The summed E-state index contributed by atoms with van der Waals surface area (Å²) in [7, 11) is 0. The molecule has 1 aromatic rings. The van der Waals surface area contributed by atoms with Crippen LogP contribution in [0.3, 0.4) is 0 Å². The van der Waals surface area contributed by atoms with Crippen LogP contribution in [0.25, 0.3) is 0 Å². The molecule has 1 aromatic heterocycles. The Morgan fingerprint density at radius 2 is 2.28 bits per heavy atom. The number of carboxylic acid groups (broad SMARTS) is 1. The largest absolute Gasteiger partial charge is 0.477 e. The van der Waals surface area contributed by atoms with Gasteiger partial charge in [-0.25, -0.2) is 4.79 Å². The molecule has 0 saturated carbocycles. The number of nitrogens with zero attached hydrogens (tertiary/aromatic N) is 1. The second-order valence-electron chi connectivity index (χ2n) is 5.48. The summed E-state index contributed by atoms with van der Waals surface area (Å²) in [5.74, 6) is -2.18. The third-order valence-corrected chi connectivity index (χ3v) is 5.66. The molecule has 25 heavy (non-hydrogen) atoms. The highest BCUT2D eigenvalue weighted by atomic mass is 32.2. The van der Waals surface area contributed by atoms with Gasteiger partial charge in [0.1, 0.15) is 17.1 Å². The monoisotopic (exact) mass is 382 g/mol. The number of amides is 1. The molecule has 3 atom stereocenters. The lowest BCUT2D eigenvalue weighted by Gasteiger charge is -2.48. The number of hydrogen-bond donors (Lipinski definition) is 2. The Morgan fingerprint density at radius 3 is 2.84 bits per heavy atom. The highest BCUT2D eigenvalue weighted by Crippen LogP contribution is 2.41. The quantitative estimate of drug-likeness (QED) is 0.324. The maximum Gasteiger partial charge on any atom is 0.352 e. The molecule has 1 unspecified atom stereocenters. The zero-order valence-corrected chi connectivity index (χ0v) is 14.6. The van der Waals surface area contributed by atoms with Gasteiger partial charge >= 0.3 is 11.9 Å². The molecule has 10 heteroatoms. The number of ether oxygens (including phenoxy) is 1. The zero-order chi connectivity index (χ0) is 18.3. The molecule has 3 heterocycles. The number of β-lactam (4-membered cyclic amide) rings is 1. The average Bonchev–Trinajstić information content (AvgIpc) is 3.11. The predicted molar refractivity (Wildman–Crippen MR) is 91.7 cm³/mol. The number of nitrogens with two attached hydrogens (primary N) is 1. The first-order valence-corrected chi connectivity index (χ1v) is 8.69. The standard InChI is InChI=1S/C15H14N2O6S2/c1-6(18)23-11(12(24)7-2-3-22-4-7)8-5-25-14-9(16)13(19)17(14)10(8)15(20)21/h2-4,9,11,14H,5,16H2,1H3,(H,20,21)/t9-,11?,14-/m1/s1. The normalized spacial score (nSPS) is 23.6. The lowest BCUT2D eigenvalue weighted by Crippen LogP contribution is -2.68. The minimum atomic E-state index is -1.30. The van der Waals surface area contributed by atoms with Gasteiger partial charge in [0, 0.05) is 23.8 Å². The maximum atomic E-state index is 12.0. The van der Waals surface area contributed by atoms with Crippen molar-refractivity contribution in [2.75, 3.05) is 5.75 Å². The fourth-order valence-corrected chi connectivity index (χ4v) is 4.37. The van der Waals surface area contributed by atoms with Crippen LogP contribution in [0.4, 0.5) is 0 Å². The molecule has 1 saturated heterocycles. The molecule has 8 nitrogen and oxygen atoms in total. The van der Waals surface area contributed by atoms with Gasteiger partial charge in [0.25, 0.3) is 0 Å². The van der Waals surface area contributed by atoms with Crippen molar-refractivity contribution in [3.05, 3.63) is 35.4 Å². The molecule has 1 fully saturated rings. The van der Waals surface area contributed by atoms with E-state index in [1.807, 2.05) is 0 Å². The first kappa shape index (κ1) is 17.6. The highest BCUT2D eigenvalue weighted by molar-refractivity contribution is 8.00. The van der Waals surface area contributed by atoms with Crippen molar-refractivity contribution in [3.63, 3.8) is 0 Å². The Morgan fingerprint density at radius 1 is 1.56 bits per heavy atom. The molecule has 0 aromatic carbocycles. The Bertz CT molecular complexity index is 788. The highest BCUT2D eigenvalue weighted by Gasteiger charge is 2.53. The van der Waals surface area contributed by atoms with Gasteiger partial charge in [-0.2, -0.15) is 0 Å². The fraction of sp³-hybridized carbons (Fsp3) is 0.333.